The Balaban J connectivity index is 0.00000242. The van der Waals surface area contributed by atoms with Crippen molar-refractivity contribution in [2.45, 2.75) is 26.2 Å². The molecule has 1 aliphatic heterocycles. The number of aryl methyl sites for hydroxylation is 1. The minimum Gasteiger partial charge on any atom is -0.495 e. The lowest BCUT2D eigenvalue weighted by atomic mass is 9.94. The number of anilines is 1. The van der Waals surface area contributed by atoms with Crippen LogP contribution in [0.15, 0.2) is 18.2 Å². The van der Waals surface area contributed by atoms with Gasteiger partial charge in [0, 0.05) is 13.1 Å². The van der Waals surface area contributed by atoms with Gasteiger partial charge in [-0.15, -0.1) is 12.4 Å². The van der Waals surface area contributed by atoms with Gasteiger partial charge >= 0.3 is 6.03 Å². The van der Waals surface area contributed by atoms with Crippen LogP contribution in [-0.2, 0) is 0 Å². The average molecular weight is 328 g/mol. The van der Waals surface area contributed by atoms with E-state index in [2.05, 4.69) is 5.32 Å². The SMILES string of the molecule is COc1ccc(C)cc1NC(=O)N1CCC(CCN)CC1.Cl. The predicted octanol–water partition coefficient (Wildman–Crippen LogP) is 3.02. The van der Waals surface area contributed by atoms with E-state index in [4.69, 9.17) is 10.5 Å². The maximum Gasteiger partial charge on any atom is 0.321 e. The molecule has 1 fully saturated rings. The third-order valence-electron chi connectivity index (χ3n) is 4.07. The molecule has 0 radical (unpaired) electrons. The van der Waals surface area contributed by atoms with Gasteiger partial charge in [0.1, 0.15) is 5.75 Å². The molecule has 1 aromatic rings. The molecular formula is C16H26ClN3O2. The molecule has 0 atom stereocenters. The molecule has 1 saturated heterocycles. The number of methoxy groups -OCH3 is 1. The van der Waals surface area contributed by atoms with Crippen LogP contribution in [0.1, 0.15) is 24.8 Å². The number of urea groups is 1. The van der Waals surface area contributed by atoms with Gasteiger partial charge in [-0.25, -0.2) is 4.79 Å². The fraction of sp³-hybridized carbons (Fsp3) is 0.562. The Hall–Kier alpha value is -1.46. The molecule has 5 nitrogen and oxygen atoms in total. The van der Waals surface area contributed by atoms with E-state index in [0.29, 0.717) is 11.7 Å². The lowest BCUT2D eigenvalue weighted by molar-refractivity contribution is 0.180. The lowest BCUT2D eigenvalue weighted by Crippen LogP contribution is -2.41. The zero-order chi connectivity index (χ0) is 15.2. The van der Waals surface area contributed by atoms with Crippen molar-refractivity contribution in [2.24, 2.45) is 11.7 Å². The van der Waals surface area contributed by atoms with Crippen LogP contribution in [0.3, 0.4) is 0 Å². The molecule has 0 aliphatic carbocycles. The molecule has 6 heteroatoms. The minimum atomic E-state index is -0.0508. The number of amides is 2. The van der Waals surface area contributed by atoms with E-state index >= 15 is 0 Å². The zero-order valence-corrected chi connectivity index (χ0v) is 14.1. The fourth-order valence-electron chi connectivity index (χ4n) is 2.77. The number of ether oxygens (including phenoxy) is 1. The standard InChI is InChI=1S/C16H25N3O2.ClH/c1-12-3-4-15(21-2)14(11-12)18-16(20)19-9-6-13(5-8-17)7-10-19;/h3-4,11,13H,5-10,17H2,1-2H3,(H,18,20);1H. The molecule has 124 valence electrons. The van der Waals surface area contributed by atoms with Crippen LogP contribution in [0, 0.1) is 12.8 Å². The Morgan fingerprint density at radius 2 is 2.09 bits per heavy atom. The number of nitrogens with one attached hydrogen (secondary N) is 1. The van der Waals surface area contributed by atoms with Gasteiger partial charge in [0.05, 0.1) is 12.8 Å². The Bertz CT molecular complexity index is 488. The van der Waals surface area contributed by atoms with Crippen molar-refractivity contribution >= 4 is 24.1 Å². The first-order valence-electron chi connectivity index (χ1n) is 7.54. The van der Waals surface area contributed by atoms with Gasteiger partial charge in [-0.2, -0.15) is 0 Å². The van der Waals surface area contributed by atoms with Gasteiger partial charge in [0.25, 0.3) is 0 Å². The zero-order valence-electron chi connectivity index (χ0n) is 13.3. The maximum absolute atomic E-state index is 12.3. The molecule has 0 aromatic heterocycles. The van der Waals surface area contributed by atoms with Crippen LogP contribution in [0.4, 0.5) is 10.5 Å². The van der Waals surface area contributed by atoms with Gasteiger partial charge in [0.2, 0.25) is 0 Å². The van der Waals surface area contributed by atoms with Crippen molar-refractivity contribution in [3.05, 3.63) is 23.8 Å². The van der Waals surface area contributed by atoms with Crippen LogP contribution < -0.4 is 15.8 Å². The number of rotatable bonds is 4. The molecule has 2 amide bonds. The second-order valence-electron chi connectivity index (χ2n) is 5.64. The number of likely N-dealkylation sites (tertiary alicyclic amines) is 1. The Morgan fingerprint density at radius 3 is 2.68 bits per heavy atom. The van der Waals surface area contributed by atoms with E-state index in [1.807, 2.05) is 30.0 Å². The third kappa shape index (κ3) is 4.78. The van der Waals surface area contributed by atoms with Gasteiger partial charge < -0.3 is 20.7 Å². The number of hydrogen-bond donors (Lipinski definition) is 2. The molecule has 0 bridgehead atoms. The first kappa shape index (κ1) is 18.6. The summed E-state index contributed by atoms with van der Waals surface area (Å²) in [4.78, 5) is 14.2. The highest BCUT2D eigenvalue weighted by molar-refractivity contribution is 5.91. The number of carbonyl (C=O) groups is 1. The van der Waals surface area contributed by atoms with Crippen molar-refractivity contribution in [3.8, 4) is 5.75 Å². The number of carbonyl (C=O) groups excluding carboxylic acids is 1. The quantitative estimate of drug-likeness (QED) is 0.893. The average Bonchev–Trinajstić information content (AvgIpc) is 2.48. The fourth-order valence-corrected chi connectivity index (χ4v) is 2.77. The number of nitrogens with two attached hydrogens (primary N) is 1. The molecular weight excluding hydrogens is 302 g/mol. The molecule has 1 aliphatic rings. The highest BCUT2D eigenvalue weighted by Crippen LogP contribution is 2.26. The van der Waals surface area contributed by atoms with Gasteiger partial charge in [-0.1, -0.05) is 6.07 Å². The topological polar surface area (TPSA) is 67.6 Å². The Kier molecular flexibility index (Phi) is 7.48. The highest BCUT2D eigenvalue weighted by atomic mass is 35.5. The Labute approximate surface area is 138 Å². The van der Waals surface area contributed by atoms with E-state index in [1.165, 1.54) is 0 Å². The van der Waals surface area contributed by atoms with Crippen LogP contribution in [0.25, 0.3) is 0 Å². The molecule has 3 N–H and O–H groups in total. The number of piperidine rings is 1. The first-order chi connectivity index (χ1) is 10.1. The highest BCUT2D eigenvalue weighted by Gasteiger charge is 2.22. The van der Waals surface area contributed by atoms with Crippen molar-refractivity contribution in [2.75, 3.05) is 32.1 Å². The maximum atomic E-state index is 12.3. The molecule has 22 heavy (non-hydrogen) atoms. The van der Waals surface area contributed by atoms with E-state index in [9.17, 15) is 4.79 Å². The summed E-state index contributed by atoms with van der Waals surface area (Å²) in [6.07, 6.45) is 3.13. The second kappa shape index (κ2) is 8.86. The minimum absolute atomic E-state index is 0. The summed E-state index contributed by atoms with van der Waals surface area (Å²) in [6.45, 7) is 4.32. The van der Waals surface area contributed by atoms with Crippen molar-refractivity contribution in [1.29, 1.82) is 0 Å². The summed E-state index contributed by atoms with van der Waals surface area (Å²) in [6, 6.07) is 5.72. The smallest absolute Gasteiger partial charge is 0.321 e. The number of hydrogen-bond acceptors (Lipinski definition) is 3. The van der Waals surface area contributed by atoms with Crippen LogP contribution in [-0.4, -0.2) is 37.7 Å². The summed E-state index contributed by atoms with van der Waals surface area (Å²) in [5.74, 6) is 1.35. The number of benzene rings is 1. The third-order valence-corrected chi connectivity index (χ3v) is 4.07. The van der Waals surface area contributed by atoms with Crippen molar-refractivity contribution in [3.63, 3.8) is 0 Å². The van der Waals surface area contributed by atoms with Gasteiger partial charge in [0.15, 0.2) is 0 Å². The van der Waals surface area contributed by atoms with Gasteiger partial charge in [-0.3, -0.25) is 0 Å². The van der Waals surface area contributed by atoms with Crippen molar-refractivity contribution in [1.82, 2.24) is 4.90 Å². The largest absolute Gasteiger partial charge is 0.495 e. The molecule has 0 spiro atoms. The normalized spacial score (nSPS) is 15.1. The van der Waals surface area contributed by atoms with Crippen LogP contribution >= 0.6 is 12.4 Å². The molecule has 0 saturated carbocycles. The van der Waals surface area contributed by atoms with Crippen molar-refractivity contribution < 1.29 is 9.53 Å². The van der Waals surface area contributed by atoms with Crippen LogP contribution in [0.2, 0.25) is 0 Å². The van der Waals surface area contributed by atoms with Crippen LogP contribution in [0.5, 0.6) is 5.75 Å². The van der Waals surface area contributed by atoms with E-state index in [1.54, 1.807) is 7.11 Å². The van der Waals surface area contributed by atoms with E-state index < -0.39 is 0 Å². The Morgan fingerprint density at radius 1 is 1.41 bits per heavy atom. The molecule has 0 unspecified atom stereocenters. The summed E-state index contributed by atoms with van der Waals surface area (Å²) in [7, 11) is 1.61. The summed E-state index contributed by atoms with van der Waals surface area (Å²) < 4.78 is 5.29. The van der Waals surface area contributed by atoms with Gasteiger partial charge in [-0.05, 0) is 56.3 Å². The summed E-state index contributed by atoms with van der Waals surface area (Å²) in [5.41, 5.74) is 7.41. The second-order valence-corrected chi connectivity index (χ2v) is 5.64. The monoisotopic (exact) mass is 327 g/mol. The summed E-state index contributed by atoms with van der Waals surface area (Å²) >= 11 is 0. The number of halogens is 1. The van der Waals surface area contributed by atoms with E-state index in [0.717, 1.165) is 50.1 Å². The molecule has 2 rings (SSSR count). The lowest BCUT2D eigenvalue weighted by Gasteiger charge is -2.32. The summed E-state index contributed by atoms with van der Waals surface area (Å²) in [5, 5.41) is 2.96. The van der Waals surface area contributed by atoms with E-state index in [-0.39, 0.29) is 18.4 Å². The predicted molar refractivity (Wildman–Crippen MR) is 92.0 cm³/mol. The number of nitrogens with zero attached hydrogens (tertiary/aromatic N) is 1. The molecule has 1 heterocycles. The first-order valence-corrected chi connectivity index (χ1v) is 7.54. The molecule has 1 aromatic carbocycles.